The first-order chi connectivity index (χ1) is 11.3. The van der Waals surface area contributed by atoms with Crippen LogP contribution < -0.4 is 5.32 Å². The predicted octanol–water partition coefficient (Wildman–Crippen LogP) is 2.19. The number of benzene rings is 1. The molecule has 2 N–H and O–H groups in total. The van der Waals surface area contributed by atoms with Crippen molar-refractivity contribution in [3.05, 3.63) is 42.1 Å². The van der Waals surface area contributed by atoms with Gasteiger partial charge in [0.25, 0.3) is 0 Å². The third-order valence-electron chi connectivity index (χ3n) is 4.45. The average Bonchev–Trinajstić information content (AvgIpc) is 2.62. The van der Waals surface area contributed by atoms with E-state index in [1.165, 1.54) is 0 Å². The van der Waals surface area contributed by atoms with Crippen molar-refractivity contribution in [2.75, 3.05) is 26.2 Å². The monoisotopic (exact) mass is 313 g/mol. The molecular weight excluding hydrogens is 290 g/mol. The molecular formula is C18H23N3O2. The summed E-state index contributed by atoms with van der Waals surface area (Å²) in [6, 6.07) is 10.1. The number of para-hydroxylation sites is 1. The van der Waals surface area contributed by atoms with Crippen LogP contribution in [0.15, 0.2) is 36.5 Å². The number of fused-ring (bicyclic) bond motifs is 1. The molecule has 1 atom stereocenters. The van der Waals surface area contributed by atoms with Crippen molar-refractivity contribution >= 4 is 16.9 Å². The lowest BCUT2D eigenvalue weighted by Gasteiger charge is -2.31. The molecule has 0 bridgehead atoms. The summed E-state index contributed by atoms with van der Waals surface area (Å²) in [5, 5.41) is 13.4. The van der Waals surface area contributed by atoms with Crippen LogP contribution in [-0.4, -0.2) is 47.3 Å². The molecule has 1 fully saturated rings. The van der Waals surface area contributed by atoms with E-state index >= 15 is 0 Å². The van der Waals surface area contributed by atoms with Gasteiger partial charge >= 0.3 is 6.03 Å². The van der Waals surface area contributed by atoms with Gasteiger partial charge in [-0.15, -0.1) is 0 Å². The van der Waals surface area contributed by atoms with Crippen LogP contribution in [-0.2, 0) is 6.42 Å². The minimum absolute atomic E-state index is 0.0312. The summed E-state index contributed by atoms with van der Waals surface area (Å²) in [5.74, 6) is 0.219. The molecule has 122 valence electrons. The van der Waals surface area contributed by atoms with Crippen LogP contribution in [0.25, 0.3) is 10.9 Å². The summed E-state index contributed by atoms with van der Waals surface area (Å²) >= 11 is 0. The third kappa shape index (κ3) is 3.79. The second-order valence-electron chi connectivity index (χ2n) is 6.11. The lowest BCUT2D eigenvalue weighted by Crippen LogP contribution is -2.46. The number of likely N-dealkylation sites (tertiary alicyclic amines) is 1. The Labute approximate surface area is 136 Å². The van der Waals surface area contributed by atoms with E-state index in [4.69, 9.17) is 0 Å². The molecule has 1 unspecified atom stereocenters. The number of hydrogen-bond acceptors (Lipinski definition) is 3. The second kappa shape index (κ2) is 7.42. The Hall–Kier alpha value is -2.14. The fourth-order valence-corrected chi connectivity index (χ4v) is 3.18. The van der Waals surface area contributed by atoms with Crippen LogP contribution >= 0.6 is 0 Å². The molecule has 0 spiro atoms. The first kappa shape index (κ1) is 15.7. The van der Waals surface area contributed by atoms with Crippen molar-refractivity contribution in [1.82, 2.24) is 15.2 Å². The molecule has 1 aliphatic rings. The zero-order valence-electron chi connectivity index (χ0n) is 13.2. The number of aromatic nitrogens is 1. The zero-order chi connectivity index (χ0) is 16.1. The summed E-state index contributed by atoms with van der Waals surface area (Å²) in [6.45, 7) is 2.18. The Bertz CT molecular complexity index is 669. The lowest BCUT2D eigenvalue weighted by atomic mass is 9.99. The van der Waals surface area contributed by atoms with Gasteiger partial charge in [0.05, 0.1) is 5.52 Å². The van der Waals surface area contributed by atoms with E-state index in [1.54, 1.807) is 6.20 Å². The van der Waals surface area contributed by atoms with E-state index in [0.29, 0.717) is 13.1 Å². The molecule has 0 aliphatic carbocycles. The van der Waals surface area contributed by atoms with Gasteiger partial charge in [-0.05, 0) is 36.8 Å². The van der Waals surface area contributed by atoms with Crippen molar-refractivity contribution in [2.24, 2.45) is 5.92 Å². The number of rotatable bonds is 4. The summed E-state index contributed by atoms with van der Waals surface area (Å²) < 4.78 is 0. The highest BCUT2D eigenvalue weighted by molar-refractivity contribution is 5.81. The van der Waals surface area contributed by atoms with Crippen molar-refractivity contribution < 1.29 is 9.90 Å². The molecule has 0 saturated carbocycles. The van der Waals surface area contributed by atoms with Gasteiger partial charge in [-0.3, -0.25) is 4.98 Å². The van der Waals surface area contributed by atoms with Crippen molar-refractivity contribution in [1.29, 1.82) is 0 Å². The van der Waals surface area contributed by atoms with Crippen molar-refractivity contribution in [2.45, 2.75) is 19.3 Å². The molecule has 2 amide bonds. The first-order valence-corrected chi connectivity index (χ1v) is 8.24. The Balaban J connectivity index is 1.55. The average molecular weight is 313 g/mol. The van der Waals surface area contributed by atoms with Crippen LogP contribution in [0.5, 0.6) is 0 Å². The van der Waals surface area contributed by atoms with Crippen LogP contribution in [0, 0.1) is 5.92 Å². The van der Waals surface area contributed by atoms with Crippen LogP contribution in [0.3, 0.4) is 0 Å². The number of piperidine rings is 1. The van der Waals surface area contributed by atoms with Crippen LogP contribution in [0.2, 0.25) is 0 Å². The van der Waals surface area contributed by atoms with Crippen molar-refractivity contribution in [3.8, 4) is 0 Å². The van der Waals surface area contributed by atoms with E-state index in [-0.39, 0.29) is 18.6 Å². The molecule has 1 aliphatic heterocycles. The minimum atomic E-state index is -0.0312. The van der Waals surface area contributed by atoms with E-state index in [0.717, 1.165) is 42.3 Å². The maximum absolute atomic E-state index is 12.2. The zero-order valence-corrected chi connectivity index (χ0v) is 13.2. The first-order valence-electron chi connectivity index (χ1n) is 8.24. The number of carbonyl (C=O) groups excluding carboxylic acids is 1. The number of aliphatic hydroxyl groups is 1. The number of nitrogens with zero attached hydrogens (tertiary/aromatic N) is 2. The van der Waals surface area contributed by atoms with E-state index < -0.39 is 0 Å². The Morgan fingerprint density at radius 3 is 3.09 bits per heavy atom. The topological polar surface area (TPSA) is 65.5 Å². The Morgan fingerprint density at radius 2 is 2.22 bits per heavy atom. The fraction of sp³-hybridized carbons (Fsp3) is 0.444. The van der Waals surface area contributed by atoms with Gasteiger partial charge < -0.3 is 15.3 Å². The standard InChI is InChI=1S/C18H23N3O2/c22-13-14-4-3-11-21(12-14)18(23)20-10-8-16-6-1-5-15-7-2-9-19-17(15)16/h1-2,5-7,9,14,22H,3-4,8,10-13H2,(H,20,23). The molecule has 0 radical (unpaired) electrons. The minimum Gasteiger partial charge on any atom is -0.396 e. The highest BCUT2D eigenvalue weighted by Crippen LogP contribution is 2.17. The van der Waals surface area contributed by atoms with E-state index in [9.17, 15) is 9.90 Å². The van der Waals surface area contributed by atoms with Gasteiger partial charge in [0, 0.05) is 37.8 Å². The molecule has 2 aromatic rings. The molecule has 5 heteroatoms. The fourth-order valence-electron chi connectivity index (χ4n) is 3.18. The van der Waals surface area contributed by atoms with Gasteiger partial charge in [-0.2, -0.15) is 0 Å². The Kier molecular flexibility index (Phi) is 5.08. The van der Waals surface area contributed by atoms with E-state index in [2.05, 4.69) is 16.4 Å². The number of hydrogen-bond donors (Lipinski definition) is 2. The van der Waals surface area contributed by atoms with Gasteiger partial charge in [-0.25, -0.2) is 4.79 Å². The van der Waals surface area contributed by atoms with Crippen LogP contribution in [0.4, 0.5) is 4.79 Å². The third-order valence-corrected chi connectivity index (χ3v) is 4.45. The van der Waals surface area contributed by atoms with Gasteiger partial charge in [0.15, 0.2) is 0 Å². The predicted molar refractivity (Wildman–Crippen MR) is 90.2 cm³/mol. The number of pyridine rings is 1. The number of aliphatic hydroxyl groups excluding tert-OH is 1. The summed E-state index contributed by atoms with van der Waals surface area (Å²) in [6.07, 6.45) is 4.53. The quantitative estimate of drug-likeness (QED) is 0.909. The molecule has 2 heterocycles. The normalized spacial score (nSPS) is 18.1. The highest BCUT2D eigenvalue weighted by atomic mass is 16.3. The maximum Gasteiger partial charge on any atom is 0.317 e. The molecule has 1 saturated heterocycles. The maximum atomic E-state index is 12.2. The summed E-state index contributed by atoms with van der Waals surface area (Å²) in [5.41, 5.74) is 2.15. The van der Waals surface area contributed by atoms with Crippen LogP contribution in [0.1, 0.15) is 18.4 Å². The molecule has 23 heavy (non-hydrogen) atoms. The molecule has 1 aromatic heterocycles. The Morgan fingerprint density at radius 1 is 1.35 bits per heavy atom. The smallest absolute Gasteiger partial charge is 0.317 e. The largest absolute Gasteiger partial charge is 0.396 e. The summed E-state index contributed by atoms with van der Waals surface area (Å²) in [4.78, 5) is 18.5. The number of amides is 2. The second-order valence-corrected chi connectivity index (χ2v) is 6.11. The lowest BCUT2D eigenvalue weighted by molar-refractivity contribution is 0.129. The molecule has 1 aromatic carbocycles. The number of nitrogens with one attached hydrogen (secondary N) is 1. The number of carbonyl (C=O) groups is 1. The van der Waals surface area contributed by atoms with Crippen molar-refractivity contribution in [3.63, 3.8) is 0 Å². The van der Waals surface area contributed by atoms with E-state index in [1.807, 2.05) is 29.2 Å². The van der Waals surface area contributed by atoms with Gasteiger partial charge in [-0.1, -0.05) is 24.3 Å². The van der Waals surface area contributed by atoms with Gasteiger partial charge in [0.2, 0.25) is 0 Å². The number of urea groups is 1. The summed E-state index contributed by atoms with van der Waals surface area (Å²) in [7, 11) is 0. The van der Waals surface area contributed by atoms with Gasteiger partial charge in [0.1, 0.15) is 0 Å². The molecule has 3 rings (SSSR count). The molecule has 5 nitrogen and oxygen atoms in total. The highest BCUT2D eigenvalue weighted by Gasteiger charge is 2.22. The SMILES string of the molecule is O=C(NCCc1cccc2cccnc12)N1CCCC(CO)C1.